The van der Waals surface area contributed by atoms with Gasteiger partial charge in [-0.15, -0.1) is 5.10 Å². The van der Waals surface area contributed by atoms with Gasteiger partial charge >= 0.3 is 0 Å². The lowest BCUT2D eigenvalue weighted by atomic mass is 10.1. The maximum atomic E-state index is 11.5. The Morgan fingerprint density at radius 1 is 1.43 bits per heavy atom. The van der Waals surface area contributed by atoms with Crippen molar-refractivity contribution in [2.45, 2.75) is 19.9 Å². The maximum absolute atomic E-state index is 11.5. The smallest absolute Gasteiger partial charge is 0.182 e. The number of anilines is 1. The molecule has 1 saturated heterocycles. The molecular formula is C13H17N5O2S. The van der Waals surface area contributed by atoms with Crippen molar-refractivity contribution in [3.63, 3.8) is 0 Å². The average molecular weight is 307 g/mol. The molecule has 2 heterocycles. The molecule has 0 spiro atoms. The molecule has 1 aliphatic heterocycles. The van der Waals surface area contributed by atoms with E-state index in [1.54, 1.807) is 10.7 Å². The van der Waals surface area contributed by atoms with Gasteiger partial charge in [0, 0.05) is 17.8 Å². The van der Waals surface area contributed by atoms with Gasteiger partial charge in [-0.1, -0.05) is 0 Å². The van der Waals surface area contributed by atoms with Crippen molar-refractivity contribution in [2.75, 3.05) is 17.2 Å². The Morgan fingerprint density at radius 2 is 2.24 bits per heavy atom. The van der Waals surface area contributed by atoms with Gasteiger partial charge in [0.15, 0.2) is 15.7 Å². The Labute approximate surface area is 123 Å². The molecule has 1 aromatic carbocycles. The van der Waals surface area contributed by atoms with E-state index in [0.717, 1.165) is 11.1 Å². The molecule has 1 fully saturated rings. The van der Waals surface area contributed by atoms with Gasteiger partial charge in [0.05, 0.1) is 11.5 Å². The zero-order valence-electron chi connectivity index (χ0n) is 11.7. The Bertz CT molecular complexity index is 769. The van der Waals surface area contributed by atoms with Crippen molar-refractivity contribution in [3.05, 3.63) is 23.8 Å². The molecule has 2 N–H and O–H groups in total. The maximum Gasteiger partial charge on any atom is 0.182 e. The summed E-state index contributed by atoms with van der Waals surface area (Å²) in [5, 5.41) is 11.8. The molecule has 0 amide bonds. The van der Waals surface area contributed by atoms with Crippen LogP contribution in [0.4, 0.5) is 5.69 Å². The highest BCUT2D eigenvalue weighted by atomic mass is 32.2. The highest BCUT2D eigenvalue weighted by Crippen LogP contribution is 2.25. The highest BCUT2D eigenvalue weighted by Gasteiger charge is 2.29. The molecule has 8 heteroatoms. The standard InChI is InChI=1S/C13H17N5O2S/c1-9-6-11(14)2-3-12(9)13-15-16-17-18(13)7-10-4-5-21(19,20)8-10/h2-3,6,10H,4-5,7-8,14H2,1H3. The van der Waals surface area contributed by atoms with Gasteiger partial charge in [0.25, 0.3) is 0 Å². The molecule has 0 radical (unpaired) electrons. The fourth-order valence-corrected chi connectivity index (χ4v) is 4.57. The van der Waals surface area contributed by atoms with E-state index in [0.29, 0.717) is 24.5 Å². The van der Waals surface area contributed by atoms with Gasteiger partial charge in [-0.05, 0) is 53.5 Å². The molecule has 1 aromatic heterocycles. The third-order valence-corrected chi connectivity index (χ3v) is 5.62. The second-order valence-electron chi connectivity index (χ2n) is 5.53. The van der Waals surface area contributed by atoms with Crippen molar-refractivity contribution in [3.8, 4) is 11.4 Å². The van der Waals surface area contributed by atoms with E-state index >= 15 is 0 Å². The van der Waals surface area contributed by atoms with Crippen LogP contribution in [0.5, 0.6) is 0 Å². The van der Waals surface area contributed by atoms with Gasteiger partial charge in [-0.25, -0.2) is 13.1 Å². The van der Waals surface area contributed by atoms with Crippen LogP contribution in [0.2, 0.25) is 0 Å². The Kier molecular flexibility index (Phi) is 3.40. The number of tetrazole rings is 1. The SMILES string of the molecule is Cc1cc(N)ccc1-c1nnnn1CC1CCS(=O)(=O)C1. The highest BCUT2D eigenvalue weighted by molar-refractivity contribution is 7.91. The summed E-state index contributed by atoms with van der Waals surface area (Å²) in [6.07, 6.45) is 0.669. The van der Waals surface area contributed by atoms with E-state index in [9.17, 15) is 8.42 Å². The normalized spacial score (nSPS) is 20.7. The predicted molar refractivity (Wildman–Crippen MR) is 79.2 cm³/mol. The molecule has 0 saturated carbocycles. The summed E-state index contributed by atoms with van der Waals surface area (Å²) < 4.78 is 24.8. The topological polar surface area (TPSA) is 104 Å². The summed E-state index contributed by atoms with van der Waals surface area (Å²) in [7, 11) is -2.89. The summed E-state index contributed by atoms with van der Waals surface area (Å²) in [5.41, 5.74) is 8.35. The van der Waals surface area contributed by atoms with Crippen LogP contribution < -0.4 is 5.73 Å². The summed E-state index contributed by atoms with van der Waals surface area (Å²) in [4.78, 5) is 0. The molecule has 21 heavy (non-hydrogen) atoms. The van der Waals surface area contributed by atoms with E-state index < -0.39 is 9.84 Å². The number of sulfone groups is 1. The van der Waals surface area contributed by atoms with Crippen molar-refractivity contribution in [1.82, 2.24) is 20.2 Å². The Balaban J connectivity index is 1.87. The van der Waals surface area contributed by atoms with Crippen molar-refractivity contribution < 1.29 is 8.42 Å². The van der Waals surface area contributed by atoms with Gasteiger partial charge in [0.2, 0.25) is 0 Å². The quantitative estimate of drug-likeness (QED) is 0.836. The summed E-state index contributed by atoms with van der Waals surface area (Å²) in [5.74, 6) is 1.20. The van der Waals surface area contributed by atoms with E-state index in [-0.39, 0.29) is 17.4 Å². The lowest BCUT2D eigenvalue weighted by Gasteiger charge is -2.11. The van der Waals surface area contributed by atoms with Crippen LogP contribution >= 0.6 is 0 Å². The second kappa shape index (κ2) is 5.10. The number of rotatable bonds is 3. The van der Waals surface area contributed by atoms with E-state index in [2.05, 4.69) is 15.5 Å². The number of aryl methyl sites for hydroxylation is 1. The van der Waals surface area contributed by atoms with Gasteiger partial charge in [-0.2, -0.15) is 0 Å². The predicted octanol–water partition coefficient (Wildman–Crippen LogP) is 0.665. The molecule has 1 atom stereocenters. The van der Waals surface area contributed by atoms with Crippen LogP contribution in [0, 0.1) is 12.8 Å². The van der Waals surface area contributed by atoms with E-state index in [1.165, 1.54) is 0 Å². The first-order chi connectivity index (χ1) is 9.94. The van der Waals surface area contributed by atoms with E-state index in [4.69, 9.17) is 5.73 Å². The molecule has 7 nitrogen and oxygen atoms in total. The molecule has 112 valence electrons. The van der Waals surface area contributed by atoms with Crippen molar-refractivity contribution >= 4 is 15.5 Å². The minimum atomic E-state index is -2.89. The first-order valence-electron chi connectivity index (χ1n) is 6.78. The number of benzene rings is 1. The molecular weight excluding hydrogens is 290 g/mol. The molecule has 1 unspecified atom stereocenters. The van der Waals surface area contributed by atoms with E-state index in [1.807, 2.05) is 19.1 Å². The summed E-state index contributed by atoms with van der Waals surface area (Å²) in [6, 6.07) is 5.56. The van der Waals surface area contributed by atoms with Crippen molar-refractivity contribution in [1.29, 1.82) is 0 Å². The first-order valence-corrected chi connectivity index (χ1v) is 8.60. The second-order valence-corrected chi connectivity index (χ2v) is 7.76. The lowest BCUT2D eigenvalue weighted by Crippen LogP contribution is -2.15. The minimum absolute atomic E-state index is 0.0753. The third-order valence-electron chi connectivity index (χ3n) is 3.78. The van der Waals surface area contributed by atoms with Crippen LogP contribution in [0.25, 0.3) is 11.4 Å². The molecule has 0 bridgehead atoms. The van der Waals surface area contributed by atoms with Gasteiger partial charge in [-0.3, -0.25) is 0 Å². The Morgan fingerprint density at radius 3 is 2.90 bits per heavy atom. The number of hydrogen-bond donors (Lipinski definition) is 1. The lowest BCUT2D eigenvalue weighted by molar-refractivity contribution is 0.452. The zero-order chi connectivity index (χ0) is 15.0. The monoisotopic (exact) mass is 307 g/mol. The summed E-state index contributed by atoms with van der Waals surface area (Å²) in [6.45, 7) is 2.47. The Hall–Kier alpha value is -1.96. The minimum Gasteiger partial charge on any atom is -0.399 e. The van der Waals surface area contributed by atoms with Gasteiger partial charge in [0.1, 0.15) is 0 Å². The van der Waals surface area contributed by atoms with Crippen LogP contribution in [0.1, 0.15) is 12.0 Å². The first kappa shape index (κ1) is 14.0. The van der Waals surface area contributed by atoms with Crippen LogP contribution in [-0.4, -0.2) is 40.1 Å². The molecule has 3 rings (SSSR count). The largest absolute Gasteiger partial charge is 0.399 e. The molecule has 1 aliphatic rings. The zero-order valence-corrected chi connectivity index (χ0v) is 12.5. The molecule has 0 aliphatic carbocycles. The number of nitrogens with zero attached hydrogens (tertiary/aromatic N) is 4. The fourth-order valence-electron chi connectivity index (χ4n) is 2.72. The van der Waals surface area contributed by atoms with Crippen LogP contribution in [0.15, 0.2) is 18.2 Å². The third kappa shape index (κ3) is 2.90. The van der Waals surface area contributed by atoms with Crippen LogP contribution in [-0.2, 0) is 16.4 Å². The fraction of sp³-hybridized carbons (Fsp3) is 0.462. The average Bonchev–Trinajstić information content (AvgIpc) is 2.97. The van der Waals surface area contributed by atoms with Gasteiger partial charge < -0.3 is 5.73 Å². The van der Waals surface area contributed by atoms with Crippen molar-refractivity contribution in [2.24, 2.45) is 5.92 Å². The summed E-state index contributed by atoms with van der Waals surface area (Å²) >= 11 is 0. The number of nitrogen functional groups attached to an aromatic ring is 1. The number of hydrogen-bond acceptors (Lipinski definition) is 6. The van der Waals surface area contributed by atoms with Crippen LogP contribution in [0.3, 0.4) is 0 Å². The molecule has 2 aromatic rings. The number of nitrogens with two attached hydrogens (primary N) is 1. The number of aromatic nitrogens is 4.